The predicted molar refractivity (Wildman–Crippen MR) is 94.4 cm³/mol. The lowest BCUT2D eigenvalue weighted by molar-refractivity contribution is 0.915. The van der Waals surface area contributed by atoms with Gasteiger partial charge in [-0.2, -0.15) is 4.98 Å². The van der Waals surface area contributed by atoms with Gasteiger partial charge in [0.25, 0.3) is 0 Å². The maximum atomic E-state index is 8.13. The average molecular weight is 303 g/mol. The Morgan fingerprint density at radius 3 is 2.57 bits per heavy atom. The second-order valence-corrected chi connectivity index (χ2v) is 5.13. The van der Waals surface area contributed by atoms with Gasteiger partial charge in [0, 0.05) is 18.1 Å². The van der Waals surface area contributed by atoms with Crippen molar-refractivity contribution in [2.45, 2.75) is 0 Å². The molecule has 0 aliphatic rings. The van der Waals surface area contributed by atoms with Crippen LogP contribution in [0.15, 0.2) is 55.1 Å². The fourth-order valence-electron chi connectivity index (χ4n) is 2.55. The van der Waals surface area contributed by atoms with Crippen molar-refractivity contribution < 1.29 is 0 Å². The van der Waals surface area contributed by atoms with Gasteiger partial charge in [0.05, 0.1) is 11.9 Å². The number of anilines is 2. The number of para-hydroxylation sites is 1. The van der Waals surface area contributed by atoms with Crippen molar-refractivity contribution in [3.8, 4) is 0 Å². The third-order valence-corrected chi connectivity index (χ3v) is 3.79. The van der Waals surface area contributed by atoms with Crippen LogP contribution in [0.3, 0.4) is 0 Å². The van der Waals surface area contributed by atoms with E-state index < -0.39 is 0 Å². The van der Waals surface area contributed by atoms with E-state index in [4.69, 9.17) is 10.8 Å². The van der Waals surface area contributed by atoms with Crippen molar-refractivity contribution in [1.82, 2.24) is 9.55 Å². The Kier molecular flexibility index (Phi) is 3.76. The zero-order chi connectivity index (χ0) is 16.4. The first-order chi connectivity index (χ1) is 11.2. The van der Waals surface area contributed by atoms with Crippen LogP contribution in [-0.2, 0) is 0 Å². The van der Waals surface area contributed by atoms with Gasteiger partial charge >= 0.3 is 0 Å². The van der Waals surface area contributed by atoms with E-state index in [-0.39, 0.29) is 5.62 Å². The molecule has 0 aliphatic heterocycles. The summed E-state index contributed by atoms with van der Waals surface area (Å²) >= 11 is 0. The molecule has 1 aromatic heterocycles. The van der Waals surface area contributed by atoms with Crippen LogP contribution in [0.5, 0.6) is 0 Å². The summed E-state index contributed by atoms with van der Waals surface area (Å²) in [6.07, 6.45) is 2.86. The molecule has 1 heterocycles. The van der Waals surface area contributed by atoms with Crippen molar-refractivity contribution in [3.05, 3.63) is 66.3 Å². The van der Waals surface area contributed by atoms with E-state index in [9.17, 15) is 0 Å². The SMILES string of the molecule is C=Cc1ccc2c(N(C)c3ccccc3)nc(=N)n(C=N)c2c1. The molecule has 23 heavy (non-hydrogen) atoms. The van der Waals surface area contributed by atoms with Gasteiger partial charge in [-0.1, -0.05) is 36.9 Å². The van der Waals surface area contributed by atoms with Crippen molar-refractivity contribution in [2.75, 3.05) is 11.9 Å². The third-order valence-electron chi connectivity index (χ3n) is 3.79. The highest BCUT2D eigenvalue weighted by Gasteiger charge is 2.13. The van der Waals surface area contributed by atoms with Crippen molar-refractivity contribution in [2.24, 2.45) is 0 Å². The van der Waals surface area contributed by atoms with Crippen LogP contribution in [-0.4, -0.2) is 22.9 Å². The molecule has 0 aliphatic carbocycles. The van der Waals surface area contributed by atoms with Gasteiger partial charge < -0.3 is 4.90 Å². The smallest absolute Gasteiger partial charge is 0.229 e. The lowest BCUT2D eigenvalue weighted by Gasteiger charge is -2.21. The summed E-state index contributed by atoms with van der Waals surface area (Å²) in [6, 6.07) is 15.7. The molecule has 3 rings (SSSR count). The minimum absolute atomic E-state index is 0.0199. The molecule has 0 bridgehead atoms. The van der Waals surface area contributed by atoms with E-state index in [0.717, 1.165) is 28.5 Å². The summed E-state index contributed by atoms with van der Waals surface area (Å²) in [7, 11) is 1.92. The van der Waals surface area contributed by atoms with Crippen molar-refractivity contribution in [1.29, 1.82) is 10.8 Å². The molecule has 2 aromatic carbocycles. The van der Waals surface area contributed by atoms with Gasteiger partial charge in [-0.15, -0.1) is 0 Å². The molecule has 0 amide bonds. The molecule has 2 N–H and O–H groups in total. The first-order valence-electron chi connectivity index (χ1n) is 7.18. The van der Waals surface area contributed by atoms with Crippen LogP contribution in [0.25, 0.3) is 17.0 Å². The number of hydrogen-bond acceptors (Lipinski definition) is 4. The Morgan fingerprint density at radius 1 is 1.17 bits per heavy atom. The Morgan fingerprint density at radius 2 is 1.91 bits per heavy atom. The molecule has 5 heteroatoms. The molecule has 3 aromatic rings. The van der Waals surface area contributed by atoms with Crippen LogP contribution < -0.4 is 10.5 Å². The Labute approximate surface area is 134 Å². The lowest BCUT2D eigenvalue weighted by atomic mass is 10.1. The molecule has 5 nitrogen and oxygen atoms in total. The molecule has 0 unspecified atom stereocenters. The number of nitrogens with zero attached hydrogens (tertiary/aromatic N) is 3. The monoisotopic (exact) mass is 303 g/mol. The number of rotatable bonds is 4. The van der Waals surface area contributed by atoms with Crippen LogP contribution >= 0.6 is 0 Å². The number of benzene rings is 2. The lowest BCUT2D eigenvalue weighted by Crippen LogP contribution is -2.26. The number of hydrogen-bond donors (Lipinski definition) is 2. The fourth-order valence-corrected chi connectivity index (χ4v) is 2.55. The molecule has 0 fully saturated rings. The first-order valence-corrected chi connectivity index (χ1v) is 7.18. The highest BCUT2D eigenvalue weighted by Crippen LogP contribution is 2.28. The van der Waals surface area contributed by atoms with Gasteiger partial charge in [0.15, 0.2) is 0 Å². The molecule has 0 saturated heterocycles. The second-order valence-electron chi connectivity index (χ2n) is 5.13. The zero-order valence-electron chi connectivity index (χ0n) is 12.8. The quantitative estimate of drug-likeness (QED) is 0.573. The molecule has 0 radical (unpaired) electrons. The molecule has 114 valence electrons. The van der Waals surface area contributed by atoms with Crippen LogP contribution in [0, 0.1) is 10.8 Å². The summed E-state index contributed by atoms with van der Waals surface area (Å²) in [6.45, 7) is 3.78. The summed E-state index contributed by atoms with van der Waals surface area (Å²) in [5, 5.41) is 16.6. The Hall–Kier alpha value is -3.21. The predicted octanol–water partition coefficient (Wildman–Crippen LogP) is 3.38. The standard InChI is InChI=1S/C18H17N5/c1-3-13-9-10-15-16(11-13)23(12-19)18(20)21-17(15)22(2)14-7-5-4-6-8-14/h3-12,19-20H,1H2,2H3. The maximum absolute atomic E-state index is 8.13. The van der Waals surface area contributed by atoms with E-state index in [1.165, 1.54) is 4.57 Å². The number of aromatic nitrogens is 2. The maximum Gasteiger partial charge on any atom is 0.229 e. The first kappa shape index (κ1) is 14.7. The Bertz CT molecular complexity index is 941. The molecule has 0 atom stereocenters. The van der Waals surface area contributed by atoms with Crippen LogP contribution in [0.1, 0.15) is 5.56 Å². The third kappa shape index (κ3) is 2.53. The minimum Gasteiger partial charge on any atom is -0.329 e. The summed E-state index contributed by atoms with van der Waals surface area (Å²) in [4.78, 5) is 6.33. The minimum atomic E-state index is 0.0199. The van der Waals surface area contributed by atoms with E-state index in [1.807, 2.05) is 60.5 Å². The van der Waals surface area contributed by atoms with E-state index in [1.54, 1.807) is 6.08 Å². The van der Waals surface area contributed by atoms with E-state index >= 15 is 0 Å². The zero-order valence-corrected chi connectivity index (χ0v) is 12.8. The summed E-state index contributed by atoms with van der Waals surface area (Å²) in [5.74, 6) is 0.685. The van der Waals surface area contributed by atoms with Crippen molar-refractivity contribution in [3.63, 3.8) is 0 Å². The average Bonchev–Trinajstić information content (AvgIpc) is 2.60. The highest BCUT2D eigenvalue weighted by molar-refractivity contribution is 5.95. The van der Waals surface area contributed by atoms with Gasteiger partial charge in [-0.05, 0) is 29.8 Å². The highest BCUT2D eigenvalue weighted by atomic mass is 15.2. The second kappa shape index (κ2) is 5.88. The fraction of sp³-hybridized carbons (Fsp3) is 0.0556. The topological polar surface area (TPSA) is 68.8 Å². The van der Waals surface area contributed by atoms with Gasteiger partial charge in [-0.3, -0.25) is 15.4 Å². The summed E-state index contributed by atoms with van der Waals surface area (Å²) < 4.78 is 1.45. The van der Waals surface area contributed by atoms with Gasteiger partial charge in [0.1, 0.15) is 5.82 Å². The Balaban J connectivity index is 2.32. The summed E-state index contributed by atoms with van der Waals surface area (Å²) in [5.41, 5.74) is 2.70. The van der Waals surface area contributed by atoms with Crippen molar-refractivity contribution >= 4 is 34.8 Å². The van der Waals surface area contributed by atoms with Gasteiger partial charge in [-0.25, -0.2) is 0 Å². The normalized spacial score (nSPS) is 10.5. The number of fused-ring (bicyclic) bond motifs is 1. The number of nitrogens with one attached hydrogen (secondary N) is 2. The van der Waals surface area contributed by atoms with E-state index in [0.29, 0.717) is 5.82 Å². The van der Waals surface area contributed by atoms with Crippen LogP contribution in [0.4, 0.5) is 11.5 Å². The van der Waals surface area contributed by atoms with Gasteiger partial charge in [0.2, 0.25) is 5.62 Å². The molecular formula is C18H17N5. The molecule has 0 spiro atoms. The molecular weight excluding hydrogens is 286 g/mol. The van der Waals surface area contributed by atoms with E-state index in [2.05, 4.69) is 11.6 Å². The van der Waals surface area contributed by atoms with Crippen LogP contribution in [0.2, 0.25) is 0 Å². The molecule has 0 saturated carbocycles. The largest absolute Gasteiger partial charge is 0.329 e.